The number of aromatic nitrogens is 5. The Morgan fingerprint density at radius 3 is 2.56 bits per heavy atom. The molecule has 34 heavy (non-hydrogen) atoms. The third-order valence-corrected chi connectivity index (χ3v) is 7.30. The third-order valence-electron chi connectivity index (χ3n) is 7.30. The molecule has 1 fully saturated rings. The number of rotatable bonds is 6. The Labute approximate surface area is 200 Å². The lowest BCUT2D eigenvalue weighted by atomic mass is 9.98. The molecule has 1 aliphatic heterocycles. The zero-order chi connectivity index (χ0) is 24.6. The van der Waals surface area contributed by atoms with Crippen molar-refractivity contribution in [3.05, 3.63) is 45.9 Å². The second-order valence-electron chi connectivity index (χ2n) is 9.26. The number of nitriles is 1. The molecule has 3 aromatic rings. The van der Waals surface area contributed by atoms with E-state index < -0.39 is 0 Å². The van der Waals surface area contributed by atoms with Crippen molar-refractivity contribution >= 4 is 16.7 Å². The van der Waals surface area contributed by atoms with Crippen molar-refractivity contribution in [1.82, 2.24) is 29.2 Å². The number of nitrogens with zero attached hydrogens (tertiary/aromatic N) is 8. The molecule has 0 unspecified atom stereocenters. The van der Waals surface area contributed by atoms with Gasteiger partial charge in [0.2, 0.25) is 0 Å². The van der Waals surface area contributed by atoms with Gasteiger partial charge in [-0.25, -0.2) is 0 Å². The minimum absolute atomic E-state index is 0.0666. The van der Waals surface area contributed by atoms with Gasteiger partial charge in [-0.05, 0) is 33.6 Å². The number of fused-ring (bicyclic) bond motifs is 1. The number of aryl methyl sites for hydroxylation is 3. The van der Waals surface area contributed by atoms with Gasteiger partial charge in [0.15, 0.2) is 0 Å². The first kappa shape index (κ1) is 23.9. The minimum Gasteiger partial charge on any atom is -0.364 e. The van der Waals surface area contributed by atoms with E-state index in [2.05, 4.69) is 46.7 Å². The first-order valence-electron chi connectivity index (χ1n) is 12.1. The maximum absolute atomic E-state index is 12.8. The molecule has 0 amide bonds. The third kappa shape index (κ3) is 4.18. The zero-order valence-electron chi connectivity index (χ0n) is 21.0. The number of hydrogen-bond donors (Lipinski definition) is 0. The monoisotopic (exact) mass is 462 g/mol. The Hall–Kier alpha value is -3.25. The van der Waals surface area contributed by atoms with Gasteiger partial charge < -0.3 is 9.47 Å². The normalized spacial score (nSPS) is 20.0. The lowest BCUT2D eigenvalue weighted by molar-refractivity contribution is 0.0988. The summed E-state index contributed by atoms with van der Waals surface area (Å²) in [6.45, 7) is 12.4. The van der Waals surface area contributed by atoms with Crippen LogP contribution in [0.3, 0.4) is 0 Å². The summed E-state index contributed by atoms with van der Waals surface area (Å²) in [7, 11) is 1.75. The van der Waals surface area contributed by atoms with E-state index in [1.807, 2.05) is 20.0 Å². The van der Waals surface area contributed by atoms with Gasteiger partial charge in [-0.15, -0.1) is 0 Å². The number of anilines is 1. The van der Waals surface area contributed by atoms with E-state index in [-0.39, 0.29) is 24.2 Å². The topological polar surface area (TPSA) is 95.9 Å². The highest BCUT2D eigenvalue weighted by Crippen LogP contribution is 2.34. The predicted molar refractivity (Wildman–Crippen MR) is 133 cm³/mol. The van der Waals surface area contributed by atoms with Crippen molar-refractivity contribution in [1.29, 1.82) is 5.26 Å². The summed E-state index contributed by atoms with van der Waals surface area (Å²) in [6, 6.07) is 4.50. The van der Waals surface area contributed by atoms with Crippen molar-refractivity contribution in [3.63, 3.8) is 0 Å². The summed E-state index contributed by atoms with van der Waals surface area (Å²) in [6.07, 6.45) is 5.61. The van der Waals surface area contributed by atoms with Gasteiger partial charge in [-0.2, -0.15) is 10.4 Å². The quantitative estimate of drug-likeness (QED) is 0.555. The Balaban J connectivity index is 1.72. The molecular weight excluding hydrogens is 428 g/mol. The van der Waals surface area contributed by atoms with E-state index in [1.165, 1.54) is 0 Å². The molecule has 0 radical (unpaired) electrons. The average Bonchev–Trinajstić information content (AvgIpc) is 3.26. The lowest BCUT2D eigenvalue weighted by Gasteiger charge is -2.49. The van der Waals surface area contributed by atoms with Gasteiger partial charge in [0, 0.05) is 38.3 Å². The number of piperazine rings is 1. The fourth-order valence-corrected chi connectivity index (χ4v) is 5.00. The Morgan fingerprint density at radius 2 is 1.91 bits per heavy atom. The van der Waals surface area contributed by atoms with Crippen LogP contribution in [-0.4, -0.2) is 54.4 Å². The highest BCUT2D eigenvalue weighted by Gasteiger charge is 2.36. The van der Waals surface area contributed by atoms with Gasteiger partial charge in [-0.3, -0.25) is 24.3 Å². The molecule has 0 aliphatic carbocycles. The Morgan fingerprint density at radius 1 is 1.18 bits per heavy atom. The smallest absolute Gasteiger partial charge is 0.252 e. The fourth-order valence-electron chi connectivity index (χ4n) is 5.00. The first-order valence-corrected chi connectivity index (χ1v) is 12.1. The number of hydrogen-bond acceptors (Lipinski definition) is 7. The predicted octanol–water partition coefficient (Wildman–Crippen LogP) is 3.11. The van der Waals surface area contributed by atoms with Crippen LogP contribution in [0.4, 0.5) is 5.69 Å². The molecule has 9 heteroatoms. The minimum atomic E-state index is -0.0666. The van der Waals surface area contributed by atoms with E-state index in [4.69, 9.17) is 10.2 Å². The van der Waals surface area contributed by atoms with Crippen molar-refractivity contribution in [2.24, 2.45) is 7.05 Å². The highest BCUT2D eigenvalue weighted by molar-refractivity contribution is 5.88. The summed E-state index contributed by atoms with van der Waals surface area (Å²) in [4.78, 5) is 27.1. The first-order chi connectivity index (χ1) is 16.3. The van der Waals surface area contributed by atoms with E-state index in [0.717, 1.165) is 59.7 Å². The van der Waals surface area contributed by atoms with E-state index in [9.17, 15) is 4.79 Å². The molecule has 1 saturated heterocycles. The van der Waals surface area contributed by atoms with E-state index in [0.29, 0.717) is 6.04 Å². The van der Waals surface area contributed by atoms with Crippen LogP contribution in [0, 0.1) is 25.2 Å². The lowest BCUT2D eigenvalue weighted by Crippen LogP contribution is -2.59. The standard InChI is InChI=1S/C25H34N8O/c1-7-19-14-33(22-11-24(34)30(6)23-15-31(10-9-26)29-25(22)23)20(8-2)13-32(19)18(5)21-12-27-16(3)17(4)28-21/h11-12,15,18-20H,7-8,10,13-14H2,1-6H3/t18-,19-,20+/m1/s1. The van der Waals surface area contributed by atoms with Crippen LogP contribution in [-0.2, 0) is 13.6 Å². The fraction of sp³-hybridized carbons (Fsp3) is 0.560. The molecule has 3 atom stereocenters. The summed E-state index contributed by atoms with van der Waals surface area (Å²) < 4.78 is 3.22. The molecule has 0 bridgehead atoms. The molecule has 0 spiro atoms. The van der Waals surface area contributed by atoms with Crippen molar-refractivity contribution in [2.75, 3.05) is 18.0 Å². The van der Waals surface area contributed by atoms with Gasteiger partial charge in [0.1, 0.15) is 12.1 Å². The van der Waals surface area contributed by atoms with Gasteiger partial charge in [0.25, 0.3) is 5.56 Å². The second kappa shape index (κ2) is 9.55. The number of pyridine rings is 1. The molecule has 4 rings (SSSR count). The summed E-state index contributed by atoms with van der Waals surface area (Å²) in [5.74, 6) is 0. The van der Waals surface area contributed by atoms with Crippen LogP contribution in [0.1, 0.15) is 56.7 Å². The molecule has 0 saturated carbocycles. The van der Waals surface area contributed by atoms with E-state index in [1.54, 1.807) is 28.6 Å². The molecule has 0 aromatic carbocycles. The largest absolute Gasteiger partial charge is 0.364 e. The molecule has 180 valence electrons. The molecule has 9 nitrogen and oxygen atoms in total. The van der Waals surface area contributed by atoms with Crippen molar-refractivity contribution < 1.29 is 0 Å². The SMILES string of the molecule is CC[C@H]1CN([C@H](C)c2cnc(C)c(C)n2)[C@H](CC)CN1c1cc(=O)n(C)c2cn(CC#N)nc12. The van der Waals surface area contributed by atoms with Crippen LogP contribution in [0.25, 0.3) is 11.0 Å². The summed E-state index contributed by atoms with van der Waals surface area (Å²) in [5.41, 5.74) is 5.25. The second-order valence-corrected chi connectivity index (χ2v) is 9.26. The van der Waals surface area contributed by atoms with Crippen LogP contribution in [0.5, 0.6) is 0 Å². The van der Waals surface area contributed by atoms with Crippen LogP contribution < -0.4 is 10.5 Å². The van der Waals surface area contributed by atoms with Crippen LogP contribution in [0.2, 0.25) is 0 Å². The van der Waals surface area contributed by atoms with Gasteiger partial charge >= 0.3 is 0 Å². The summed E-state index contributed by atoms with van der Waals surface area (Å²) >= 11 is 0. The Bertz CT molecular complexity index is 1290. The van der Waals surface area contributed by atoms with Crippen molar-refractivity contribution in [2.45, 2.75) is 72.1 Å². The van der Waals surface area contributed by atoms with Gasteiger partial charge in [0.05, 0.1) is 52.8 Å². The van der Waals surface area contributed by atoms with Crippen LogP contribution >= 0.6 is 0 Å². The molecule has 4 heterocycles. The van der Waals surface area contributed by atoms with Crippen molar-refractivity contribution in [3.8, 4) is 6.07 Å². The molecular formula is C25H34N8O. The maximum Gasteiger partial charge on any atom is 0.252 e. The summed E-state index contributed by atoms with van der Waals surface area (Å²) in [5, 5.41) is 13.8. The highest BCUT2D eigenvalue weighted by atomic mass is 16.1. The Kier molecular flexibility index (Phi) is 6.71. The zero-order valence-corrected chi connectivity index (χ0v) is 21.0. The molecule has 1 aliphatic rings. The average molecular weight is 463 g/mol. The van der Waals surface area contributed by atoms with Crippen LogP contribution in [0.15, 0.2) is 23.3 Å². The molecule has 3 aromatic heterocycles. The van der Waals surface area contributed by atoms with Gasteiger partial charge in [-0.1, -0.05) is 13.8 Å². The van der Waals surface area contributed by atoms with E-state index >= 15 is 0 Å². The maximum atomic E-state index is 12.8. The molecule has 0 N–H and O–H groups in total.